The second-order valence-corrected chi connectivity index (χ2v) is 7.16. The molecule has 0 unspecified atom stereocenters. The lowest BCUT2D eigenvalue weighted by molar-refractivity contribution is -0.118. The first-order valence-corrected chi connectivity index (χ1v) is 9.97. The van der Waals surface area contributed by atoms with Crippen LogP contribution in [0.15, 0.2) is 60.7 Å². The average molecular weight is 430 g/mol. The number of aryl methyl sites for hydroxylation is 2. The van der Waals surface area contributed by atoms with Gasteiger partial charge >= 0.3 is 5.97 Å². The molecule has 0 spiro atoms. The third-order valence-corrected chi connectivity index (χ3v) is 4.99. The molecule has 0 aliphatic carbocycles. The summed E-state index contributed by atoms with van der Waals surface area (Å²) in [5.41, 5.74) is 4.06. The van der Waals surface area contributed by atoms with E-state index in [1.54, 1.807) is 28.9 Å². The third-order valence-electron chi connectivity index (χ3n) is 4.99. The van der Waals surface area contributed by atoms with Gasteiger partial charge in [-0.15, -0.1) is 0 Å². The molecule has 0 atom stereocenters. The Morgan fingerprint density at radius 2 is 1.78 bits per heavy atom. The zero-order chi connectivity index (χ0) is 22.7. The molecule has 4 aromatic rings. The van der Waals surface area contributed by atoms with Gasteiger partial charge in [0, 0.05) is 13.1 Å². The van der Waals surface area contributed by atoms with Gasteiger partial charge in [0.1, 0.15) is 0 Å². The van der Waals surface area contributed by atoms with Gasteiger partial charge in [-0.3, -0.25) is 9.48 Å². The topological polar surface area (TPSA) is 95.3 Å². The second kappa shape index (κ2) is 8.89. The summed E-state index contributed by atoms with van der Waals surface area (Å²) in [4.78, 5) is 29.0. The standard InChI is InChI=1S/C24H22N4O4/c1-15-22-18(16-9-5-4-6-10-16)13-21(26-23(22)28(2)27-15)32-14-20(29)25-19-12-8-7-11-17(19)24(30)31-3/h4-13H,14H2,1-3H3,(H,25,29). The molecule has 2 aromatic carbocycles. The number of anilines is 1. The Morgan fingerprint density at radius 1 is 1.06 bits per heavy atom. The van der Waals surface area contributed by atoms with Crippen LogP contribution in [0.3, 0.4) is 0 Å². The lowest BCUT2D eigenvalue weighted by Crippen LogP contribution is -2.22. The molecule has 0 radical (unpaired) electrons. The van der Waals surface area contributed by atoms with E-state index in [1.807, 2.05) is 50.4 Å². The first-order chi connectivity index (χ1) is 15.5. The maximum atomic E-state index is 12.5. The summed E-state index contributed by atoms with van der Waals surface area (Å²) in [6.45, 7) is 1.66. The number of nitrogens with one attached hydrogen (secondary N) is 1. The van der Waals surface area contributed by atoms with Gasteiger partial charge in [0.15, 0.2) is 12.3 Å². The maximum Gasteiger partial charge on any atom is 0.339 e. The minimum absolute atomic E-state index is 0.264. The fourth-order valence-corrected chi connectivity index (χ4v) is 3.55. The molecule has 0 aliphatic rings. The number of amides is 1. The van der Waals surface area contributed by atoms with Crippen LogP contribution in [0.25, 0.3) is 22.2 Å². The molecule has 0 bridgehead atoms. The largest absolute Gasteiger partial charge is 0.467 e. The van der Waals surface area contributed by atoms with E-state index in [4.69, 9.17) is 9.47 Å². The van der Waals surface area contributed by atoms with E-state index in [9.17, 15) is 9.59 Å². The zero-order valence-electron chi connectivity index (χ0n) is 18.0. The smallest absolute Gasteiger partial charge is 0.339 e. The van der Waals surface area contributed by atoms with Crippen molar-refractivity contribution in [2.75, 3.05) is 19.0 Å². The van der Waals surface area contributed by atoms with Gasteiger partial charge in [-0.05, 0) is 30.2 Å². The van der Waals surface area contributed by atoms with Crippen LogP contribution in [-0.2, 0) is 16.6 Å². The highest BCUT2D eigenvalue weighted by Gasteiger charge is 2.17. The molecule has 8 nitrogen and oxygen atoms in total. The van der Waals surface area contributed by atoms with Crippen molar-refractivity contribution < 1.29 is 19.1 Å². The highest BCUT2D eigenvalue weighted by atomic mass is 16.5. The summed E-state index contributed by atoms with van der Waals surface area (Å²) in [5, 5.41) is 8.10. The SMILES string of the molecule is COC(=O)c1ccccc1NC(=O)COc1cc(-c2ccccc2)c2c(C)nn(C)c2n1. The van der Waals surface area contributed by atoms with Crippen LogP contribution in [0.5, 0.6) is 5.88 Å². The van der Waals surface area contributed by atoms with Crippen molar-refractivity contribution in [2.24, 2.45) is 7.05 Å². The van der Waals surface area contributed by atoms with E-state index in [-0.39, 0.29) is 12.2 Å². The van der Waals surface area contributed by atoms with Crippen molar-refractivity contribution in [3.05, 3.63) is 71.9 Å². The van der Waals surface area contributed by atoms with Crippen molar-refractivity contribution in [1.29, 1.82) is 0 Å². The number of hydrogen-bond donors (Lipinski definition) is 1. The summed E-state index contributed by atoms with van der Waals surface area (Å²) in [5.74, 6) is -0.658. The molecule has 1 N–H and O–H groups in total. The summed E-state index contributed by atoms with van der Waals surface area (Å²) in [6.07, 6.45) is 0. The monoisotopic (exact) mass is 430 g/mol. The van der Waals surface area contributed by atoms with Crippen LogP contribution in [0.4, 0.5) is 5.69 Å². The summed E-state index contributed by atoms with van der Waals surface area (Å²) < 4.78 is 12.2. The minimum Gasteiger partial charge on any atom is -0.467 e. The molecule has 2 aromatic heterocycles. The van der Waals surface area contributed by atoms with E-state index in [2.05, 4.69) is 15.4 Å². The first kappa shape index (κ1) is 21.0. The van der Waals surface area contributed by atoms with E-state index in [1.165, 1.54) is 7.11 Å². The van der Waals surface area contributed by atoms with Gasteiger partial charge in [0.2, 0.25) is 5.88 Å². The fourth-order valence-electron chi connectivity index (χ4n) is 3.55. The molecule has 4 rings (SSSR count). The van der Waals surface area contributed by atoms with Crippen LogP contribution in [0, 0.1) is 6.92 Å². The zero-order valence-corrected chi connectivity index (χ0v) is 18.0. The van der Waals surface area contributed by atoms with Gasteiger partial charge in [-0.1, -0.05) is 42.5 Å². The summed E-state index contributed by atoms with van der Waals surface area (Å²) >= 11 is 0. The van der Waals surface area contributed by atoms with Crippen molar-refractivity contribution in [3.63, 3.8) is 0 Å². The van der Waals surface area contributed by atoms with E-state index in [0.717, 1.165) is 22.2 Å². The molecule has 1 amide bonds. The number of nitrogens with zero attached hydrogens (tertiary/aromatic N) is 3. The van der Waals surface area contributed by atoms with Crippen LogP contribution < -0.4 is 10.1 Å². The Balaban J connectivity index is 1.59. The first-order valence-electron chi connectivity index (χ1n) is 9.97. The predicted octanol–water partition coefficient (Wildman–Crippen LogP) is 3.75. The van der Waals surface area contributed by atoms with Crippen molar-refractivity contribution in [3.8, 4) is 17.0 Å². The lowest BCUT2D eigenvalue weighted by Gasteiger charge is -2.11. The van der Waals surface area contributed by atoms with Gasteiger partial charge in [-0.2, -0.15) is 10.1 Å². The number of hydrogen-bond acceptors (Lipinski definition) is 6. The number of carbonyl (C=O) groups excluding carboxylic acids is 2. The number of ether oxygens (including phenoxy) is 2. The molecule has 0 aliphatic heterocycles. The third kappa shape index (κ3) is 4.15. The number of rotatable bonds is 6. The Labute approximate surface area is 184 Å². The number of pyridine rings is 1. The normalized spacial score (nSPS) is 10.7. The second-order valence-electron chi connectivity index (χ2n) is 7.16. The van der Waals surface area contributed by atoms with Gasteiger partial charge in [0.05, 0.1) is 29.4 Å². The highest BCUT2D eigenvalue weighted by Crippen LogP contribution is 2.32. The quantitative estimate of drug-likeness (QED) is 0.468. The van der Waals surface area contributed by atoms with E-state index < -0.39 is 11.9 Å². The number of methoxy groups -OCH3 is 1. The number of aromatic nitrogens is 3. The molecule has 0 fully saturated rings. The Bertz CT molecular complexity index is 1300. The van der Waals surface area contributed by atoms with Crippen LogP contribution in [0.1, 0.15) is 16.1 Å². The van der Waals surface area contributed by atoms with Crippen molar-refractivity contribution >= 4 is 28.6 Å². The molecule has 8 heteroatoms. The van der Waals surface area contributed by atoms with Gasteiger partial charge in [0.25, 0.3) is 5.91 Å². The van der Waals surface area contributed by atoms with Gasteiger partial charge < -0.3 is 14.8 Å². The molecule has 0 saturated heterocycles. The number of fused-ring (bicyclic) bond motifs is 1. The molecule has 32 heavy (non-hydrogen) atoms. The molecule has 162 valence electrons. The van der Waals surface area contributed by atoms with Crippen molar-refractivity contribution in [1.82, 2.24) is 14.8 Å². The Morgan fingerprint density at radius 3 is 2.53 bits per heavy atom. The number of para-hydroxylation sites is 1. The number of esters is 1. The summed E-state index contributed by atoms with van der Waals surface area (Å²) in [6, 6.07) is 18.3. The van der Waals surface area contributed by atoms with Crippen LogP contribution in [0.2, 0.25) is 0 Å². The Hall–Kier alpha value is -4.20. The number of carbonyl (C=O) groups is 2. The van der Waals surface area contributed by atoms with Crippen LogP contribution in [-0.4, -0.2) is 40.4 Å². The Kier molecular flexibility index (Phi) is 5.85. The molecular formula is C24H22N4O4. The maximum absolute atomic E-state index is 12.5. The molecular weight excluding hydrogens is 408 g/mol. The van der Waals surface area contributed by atoms with E-state index >= 15 is 0 Å². The fraction of sp³-hybridized carbons (Fsp3) is 0.167. The van der Waals surface area contributed by atoms with E-state index in [0.29, 0.717) is 17.2 Å². The molecule has 2 heterocycles. The van der Waals surface area contributed by atoms with Crippen LogP contribution >= 0.6 is 0 Å². The average Bonchev–Trinajstić information content (AvgIpc) is 3.11. The van der Waals surface area contributed by atoms with Crippen molar-refractivity contribution in [2.45, 2.75) is 6.92 Å². The minimum atomic E-state index is -0.534. The highest BCUT2D eigenvalue weighted by molar-refractivity contribution is 6.01. The van der Waals surface area contributed by atoms with Gasteiger partial charge in [-0.25, -0.2) is 4.79 Å². The predicted molar refractivity (Wildman–Crippen MR) is 121 cm³/mol. The summed E-state index contributed by atoms with van der Waals surface area (Å²) in [7, 11) is 3.10. The molecule has 0 saturated carbocycles. The lowest BCUT2D eigenvalue weighted by atomic mass is 10.0. The number of benzene rings is 2.